The van der Waals surface area contributed by atoms with E-state index in [9.17, 15) is 0 Å². The summed E-state index contributed by atoms with van der Waals surface area (Å²) in [6.07, 6.45) is 0. The van der Waals surface area contributed by atoms with Gasteiger partial charge in [0.2, 0.25) is 0 Å². The van der Waals surface area contributed by atoms with E-state index in [1.807, 2.05) is 0 Å². The van der Waals surface area contributed by atoms with Gasteiger partial charge in [-0.25, -0.2) is 0 Å². The first kappa shape index (κ1) is 13.1. The molecule has 0 fully saturated rings. The number of hydrogen-bond acceptors (Lipinski definition) is 2. The maximum absolute atomic E-state index is 3.79. The first-order chi connectivity index (χ1) is 7.67. The van der Waals surface area contributed by atoms with Crippen molar-refractivity contribution in [1.82, 2.24) is 0 Å². The normalized spacial score (nSPS) is 9.94. The summed E-state index contributed by atoms with van der Waals surface area (Å²) in [5.74, 6) is 0. The molecule has 0 saturated heterocycles. The Balaban J connectivity index is 2.63. The van der Waals surface area contributed by atoms with Gasteiger partial charge < -0.3 is 10.2 Å². The molecule has 0 aliphatic carbocycles. The van der Waals surface area contributed by atoms with Crippen LogP contribution in [0.3, 0.4) is 0 Å². The third-order valence-electron chi connectivity index (χ3n) is 2.48. The van der Waals surface area contributed by atoms with Crippen molar-refractivity contribution in [1.29, 1.82) is 0 Å². The van der Waals surface area contributed by atoms with Crippen LogP contribution in [0, 0.1) is 0 Å². The summed E-state index contributed by atoms with van der Waals surface area (Å²) in [6.45, 7) is 11.0. The predicted molar refractivity (Wildman–Crippen MR) is 76.6 cm³/mol. The Bertz CT molecular complexity index is 328. The number of benzene rings is 1. The average Bonchev–Trinajstić information content (AvgIpc) is 2.29. The van der Waals surface area contributed by atoms with E-state index in [-0.39, 0.29) is 0 Å². The minimum absolute atomic E-state index is 0.755. The summed E-state index contributed by atoms with van der Waals surface area (Å²) in [5.41, 5.74) is 2.39. The molecule has 0 spiro atoms. The lowest BCUT2D eigenvalue weighted by atomic mass is 10.2. The molecule has 0 saturated carbocycles. The van der Waals surface area contributed by atoms with E-state index in [2.05, 4.69) is 70.8 Å². The van der Waals surface area contributed by atoms with Gasteiger partial charge in [-0.15, -0.1) is 0 Å². The Morgan fingerprint density at radius 1 is 1.25 bits per heavy atom. The zero-order valence-corrected chi connectivity index (χ0v) is 11.5. The van der Waals surface area contributed by atoms with Gasteiger partial charge in [-0.3, -0.25) is 0 Å². The molecule has 0 aliphatic rings. The van der Waals surface area contributed by atoms with Gasteiger partial charge in [0, 0.05) is 35.5 Å². The highest BCUT2D eigenvalue weighted by Crippen LogP contribution is 2.18. The molecule has 0 aliphatic heterocycles. The Morgan fingerprint density at radius 3 is 2.25 bits per heavy atom. The highest BCUT2D eigenvalue weighted by atomic mass is 79.9. The van der Waals surface area contributed by atoms with Crippen molar-refractivity contribution in [2.24, 2.45) is 0 Å². The van der Waals surface area contributed by atoms with Gasteiger partial charge in [0.15, 0.2) is 0 Å². The minimum Gasteiger partial charge on any atom is -0.380 e. The van der Waals surface area contributed by atoms with Gasteiger partial charge in [-0.05, 0) is 38.1 Å². The molecule has 0 radical (unpaired) electrons. The van der Waals surface area contributed by atoms with Gasteiger partial charge in [0.25, 0.3) is 0 Å². The molecule has 1 N–H and O–H groups in total. The molecule has 0 bridgehead atoms. The summed E-state index contributed by atoms with van der Waals surface area (Å²) in [4.78, 5) is 2.33. The van der Waals surface area contributed by atoms with Gasteiger partial charge >= 0.3 is 0 Å². The van der Waals surface area contributed by atoms with E-state index in [1.54, 1.807) is 0 Å². The maximum atomic E-state index is 3.79. The average molecular weight is 283 g/mol. The second kappa shape index (κ2) is 6.59. The second-order valence-electron chi connectivity index (χ2n) is 3.59. The molecule has 16 heavy (non-hydrogen) atoms. The summed E-state index contributed by atoms with van der Waals surface area (Å²) < 4.78 is 0.959. The lowest BCUT2D eigenvalue weighted by Gasteiger charge is -2.21. The third kappa shape index (κ3) is 3.89. The maximum Gasteiger partial charge on any atom is 0.0460 e. The Labute approximate surface area is 106 Å². The van der Waals surface area contributed by atoms with Crippen LogP contribution in [0.15, 0.2) is 35.3 Å². The standard InChI is InChI=1S/C13H19BrN2/c1-4-16(5-2)13-8-6-12(7-9-13)15-10-11(3)14/h6-9,15H,3-5,10H2,1-2H3. The predicted octanol–water partition coefficient (Wildman–Crippen LogP) is 3.85. The molecule has 0 amide bonds. The number of rotatable bonds is 6. The van der Waals surface area contributed by atoms with E-state index in [4.69, 9.17) is 0 Å². The van der Waals surface area contributed by atoms with Crippen LogP contribution in [0.1, 0.15) is 13.8 Å². The zero-order valence-electron chi connectivity index (χ0n) is 9.96. The highest BCUT2D eigenvalue weighted by Gasteiger charge is 2.00. The van der Waals surface area contributed by atoms with Crippen molar-refractivity contribution in [3.63, 3.8) is 0 Å². The zero-order chi connectivity index (χ0) is 12.0. The van der Waals surface area contributed by atoms with Crippen LogP contribution in [0.5, 0.6) is 0 Å². The van der Waals surface area contributed by atoms with Crippen molar-refractivity contribution < 1.29 is 0 Å². The van der Waals surface area contributed by atoms with Crippen LogP contribution in [-0.4, -0.2) is 19.6 Å². The van der Waals surface area contributed by atoms with Crippen LogP contribution in [-0.2, 0) is 0 Å². The van der Waals surface area contributed by atoms with Crippen LogP contribution in [0.4, 0.5) is 11.4 Å². The lowest BCUT2D eigenvalue weighted by molar-refractivity contribution is 0.866. The van der Waals surface area contributed by atoms with Crippen LogP contribution in [0.2, 0.25) is 0 Å². The first-order valence-electron chi connectivity index (χ1n) is 5.59. The van der Waals surface area contributed by atoms with Crippen LogP contribution >= 0.6 is 15.9 Å². The molecule has 0 atom stereocenters. The smallest absolute Gasteiger partial charge is 0.0460 e. The number of anilines is 2. The first-order valence-corrected chi connectivity index (χ1v) is 6.38. The molecule has 2 nitrogen and oxygen atoms in total. The van der Waals surface area contributed by atoms with E-state index >= 15 is 0 Å². The fraction of sp³-hybridized carbons (Fsp3) is 0.385. The molecule has 1 aromatic rings. The van der Waals surface area contributed by atoms with Crippen molar-refractivity contribution in [2.75, 3.05) is 29.9 Å². The van der Waals surface area contributed by atoms with Crippen LogP contribution < -0.4 is 10.2 Å². The second-order valence-corrected chi connectivity index (χ2v) is 4.71. The van der Waals surface area contributed by atoms with Gasteiger partial charge in [-0.1, -0.05) is 22.5 Å². The molecule has 1 aromatic carbocycles. The van der Waals surface area contributed by atoms with Crippen molar-refractivity contribution in [3.8, 4) is 0 Å². The van der Waals surface area contributed by atoms with E-state index in [0.29, 0.717) is 0 Å². The molecule has 88 valence electrons. The minimum atomic E-state index is 0.755. The molecular weight excluding hydrogens is 264 g/mol. The van der Waals surface area contributed by atoms with Gasteiger partial charge in [-0.2, -0.15) is 0 Å². The molecule has 3 heteroatoms. The third-order valence-corrected chi connectivity index (χ3v) is 2.76. The lowest BCUT2D eigenvalue weighted by Crippen LogP contribution is -2.21. The molecule has 0 unspecified atom stereocenters. The molecule has 0 heterocycles. The summed E-state index contributed by atoms with van der Waals surface area (Å²) in [6, 6.07) is 8.49. The number of nitrogens with one attached hydrogen (secondary N) is 1. The van der Waals surface area contributed by atoms with Crippen molar-refractivity contribution in [3.05, 3.63) is 35.3 Å². The number of nitrogens with zero attached hydrogens (tertiary/aromatic N) is 1. The molecular formula is C13H19BrN2. The Hall–Kier alpha value is -0.960. The summed E-state index contributed by atoms with van der Waals surface area (Å²) >= 11 is 3.33. The van der Waals surface area contributed by atoms with Gasteiger partial charge in [0.1, 0.15) is 0 Å². The summed E-state index contributed by atoms with van der Waals surface area (Å²) in [7, 11) is 0. The largest absolute Gasteiger partial charge is 0.380 e. The van der Waals surface area contributed by atoms with Gasteiger partial charge in [0.05, 0.1) is 0 Å². The topological polar surface area (TPSA) is 15.3 Å². The van der Waals surface area contributed by atoms with E-state index in [0.717, 1.165) is 29.8 Å². The van der Waals surface area contributed by atoms with Crippen LogP contribution in [0.25, 0.3) is 0 Å². The number of halogens is 1. The molecule has 0 aromatic heterocycles. The fourth-order valence-corrected chi connectivity index (χ4v) is 1.72. The van der Waals surface area contributed by atoms with E-state index in [1.165, 1.54) is 5.69 Å². The van der Waals surface area contributed by atoms with Crippen molar-refractivity contribution >= 4 is 27.3 Å². The number of hydrogen-bond donors (Lipinski definition) is 1. The quantitative estimate of drug-likeness (QED) is 0.853. The summed E-state index contributed by atoms with van der Waals surface area (Å²) in [5, 5.41) is 3.28. The van der Waals surface area contributed by atoms with E-state index < -0.39 is 0 Å². The SMILES string of the molecule is C=C(Br)CNc1ccc(N(CC)CC)cc1. The monoisotopic (exact) mass is 282 g/mol. The van der Waals surface area contributed by atoms with Crippen molar-refractivity contribution in [2.45, 2.75) is 13.8 Å². The highest BCUT2D eigenvalue weighted by molar-refractivity contribution is 9.11. The molecule has 1 rings (SSSR count). The Morgan fingerprint density at radius 2 is 1.81 bits per heavy atom. The fourth-order valence-electron chi connectivity index (χ4n) is 1.58. The Kier molecular flexibility index (Phi) is 5.39.